The van der Waals surface area contributed by atoms with E-state index in [1.807, 2.05) is 52.2 Å². The number of rotatable bonds is 6. The van der Waals surface area contributed by atoms with E-state index in [9.17, 15) is 4.79 Å². The number of aliphatic hydroxyl groups excluding tert-OH is 1. The summed E-state index contributed by atoms with van der Waals surface area (Å²) in [7, 11) is 4.02. The third-order valence-electron chi connectivity index (χ3n) is 2.90. The predicted octanol–water partition coefficient (Wildman–Crippen LogP) is 1.64. The smallest absolute Gasteiger partial charge is 0.251 e. The topological polar surface area (TPSA) is 52.6 Å². The summed E-state index contributed by atoms with van der Waals surface area (Å²) < 4.78 is 0. The van der Waals surface area contributed by atoms with Gasteiger partial charge < -0.3 is 15.3 Å². The maximum atomic E-state index is 12.1. The fourth-order valence-corrected chi connectivity index (χ4v) is 1.85. The Labute approximate surface area is 115 Å². The number of carbonyl (C=O) groups is 1. The van der Waals surface area contributed by atoms with E-state index >= 15 is 0 Å². The molecule has 1 rings (SSSR count). The van der Waals surface area contributed by atoms with Gasteiger partial charge in [0.15, 0.2) is 0 Å². The van der Waals surface area contributed by atoms with Crippen LogP contribution in [0.4, 0.5) is 0 Å². The maximum Gasteiger partial charge on any atom is 0.251 e. The third kappa shape index (κ3) is 5.41. The number of hydrogen-bond donors (Lipinski definition) is 2. The van der Waals surface area contributed by atoms with Gasteiger partial charge in [0, 0.05) is 24.3 Å². The van der Waals surface area contributed by atoms with Crippen molar-refractivity contribution in [3.63, 3.8) is 0 Å². The second kappa shape index (κ2) is 6.68. The third-order valence-corrected chi connectivity index (χ3v) is 2.90. The van der Waals surface area contributed by atoms with Crippen LogP contribution in [0, 0.1) is 0 Å². The lowest BCUT2D eigenvalue weighted by molar-refractivity contribution is 0.0899. The van der Waals surface area contributed by atoms with E-state index in [1.165, 1.54) is 5.56 Å². The highest BCUT2D eigenvalue weighted by atomic mass is 16.3. The second-order valence-corrected chi connectivity index (χ2v) is 5.75. The lowest BCUT2D eigenvalue weighted by atomic mass is 10.0. The quantitative estimate of drug-likeness (QED) is 0.821. The Hall–Kier alpha value is -1.39. The Bertz CT molecular complexity index is 411. The molecule has 0 radical (unpaired) electrons. The molecule has 0 bridgehead atoms. The molecule has 0 saturated carbocycles. The van der Waals surface area contributed by atoms with Crippen LogP contribution in [-0.2, 0) is 6.54 Å². The van der Waals surface area contributed by atoms with Crippen molar-refractivity contribution in [1.29, 1.82) is 0 Å². The van der Waals surface area contributed by atoms with Gasteiger partial charge in [-0.1, -0.05) is 12.1 Å². The van der Waals surface area contributed by atoms with Crippen LogP contribution in [-0.4, -0.2) is 42.2 Å². The Morgan fingerprint density at radius 1 is 1.26 bits per heavy atom. The number of amides is 1. The molecule has 106 valence electrons. The molecule has 0 spiro atoms. The van der Waals surface area contributed by atoms with E-state index in [0.717, 1.165) is 6.54 Å². The molecule has 4 heteroatoms. The van der Waals surface area contributed by atoms with Crippen LogP contribution in [0.3, 0.4) is 0 Å². The summed E-state index contributed by atoms with van der Waals surface area (Å²) in [5, 5.41) is 11.9. The van der Waals surface area contributed by atoms with Crippen LogP contribution >= 0.6 is 0 Å². The number of hydrogen-bond acceptors (Lipinski definition) is 3. The van der Waals surface area contributed by atoms with Crippen molar-refractivity contribution in [3.05, 3.63) is 35.4 Å². The number of benzene rings is 1. The minimum absolute atomic E-state index is 0.0645. The first-order valence-electron chi connectivity index (χ1n) is 6.51. The van der Waals surface area contributed by atoms with Crippen LogP contribution in [0.1, 0.15) is 36.2 Å². The zero-order valence-electron chi connectivity index (χ0n) is 12.2. The van der Waals surface area contributed by atoms with Crippen LogP contribution in [0.15, 0.2) is 24.3 Å². The number of nitrogens with one attached hydrogen (secondary N) is 1. The minimum atomic E-state index is -0.395. The molecule has 0 aliphatic rings. The second-order valence-electron chi connectivity index (χ2n) is 5.75. The summed E-state index contributed by atoms with van der Waals surface area (Å²) in [4.78, 5) is 14.1. The molecule has 0 aliphatic heterocycles. The van der Waals surface area contributed by atoms with Gasteiger partial charge in [-0.15, -0.1) is 0 Å². The van der Waals surface area contributed by atoms with E-state index in [1.54, 1.807) is 0 Å². The molecule has 0 fully saturated rings. The van der Waals surface area contributed by atoms with Gasteiger partial charge in [-0.25, -0.2) is 0 Å². The van der Waals surface area contributed by atoms with Crippen LogP contribution in [0.5, 0.6) is 0 Å². The molecule has 2 N–H and O–H groups in total. The number of nitrogens with zero attached hydrogens (tertiary/aromatic N) is 1. The summed E-state index contributed by atoms with van der Waals surface area (Å²) >= 11 is 0. The maximum absolute atomic E-state index is 12.1. The standard InChI is InChI=1S/C15H24N2O2/c1-15(2,9-10-18)16-14(19)13-7-5-12(6-8-13)11-17(3)4/h5-8,18H,9-11H2,1-4H3,(H,16,19). The molecule has 0 saturated heterocycles. The Kier molecular flexibility index (Phi) is 5.51. The number of aliphatic hydroxyl groups is 1. The van der Waals surface area contributed by atoms with Gasteiger partial charge in [-0.2, -0.15) is 0 Å². The molecular weight excluding hydrogens is 240 g/mol. The molecule has 0 aromatic heterocycles. The van der Waals surface area contributed by atoms with Gasteiger partial charge in [0.2, 0.25) is 0 Å². The summed E-state index contributed by atoms with van der Waals surface area (Å²) in [5.74, 6) is -0.102. The first-order chi connectivity index (χ1) is 8.84. The van der Waals surface area contributed by atoms with Crippen molar-refractivity contribution in [2.24, 2.45) is 0 Å². The molecule has 1 amide bonds. The largest absolute Gasteiger partial charge is 0.396 e. The van der Waals surface area contributed by atoms with Gasteiger partial charge in [0.1, 0.15) is 0 Å². The van der Waals surface area contributed by atoms with E-state index in [0.29, 0.717) is 12.0 Å². The van der Waals surface area contributed by atoms with Crippen molar-refractivity contribution in [2.75, 3.05) is 20.7 Å². The monoisotopic (exact) mass is 264 g/mol. The number of carbonyl (C=O) groups excluding carboxylic acids is 1. The van der Waals surface area contributed by atoms with Crippen molar-refractivity contribution < 1.29 is 9.90 Å². The molecule has 0 unspecified atom stereocenters. The summed E-state index contributed by atoms with van der Waals surface area (Å²) in [6, 6.07) is 7.61. The van der Waals surface area contributed by atoms with E-state index in [4.69, 9.17) is 5.11 Å². The summed E-state index contributed by atoms with van der Waals surface area (Å²) in [5.41, 5.74) is 1.43. The van der Waals surface area contributed by atoms with E-state index < -0.39 is 5.54 Å². The van der Waals surface area contributed by atoms with Gasteiger partial charge in [0.05, 0.1) is 0 Å². The Morgan fingerprint density at radius 2 is 1.84 bits per heavy atom. The predicted molar refractivity (Wildman–Crippen MR) is 77.1 cm³/mol. The van der Waals surface area contributed by atoms with Crippen molar-refractivity contribution >= 4 is 5.91 Å². The van der Waals surface area contributed by atoms with Crippen molar-refractivity contribution in [2.45, 2.75) is 32.4 Å². The fourth-order valence-electron chi connectivity index (χ4n) is 1.85. The average Bonchev–Trinajstić information content (AvgIpc) is 2.28. The van der Waals surface area contributed by atoms with Gasteiger partial charge in [-0.3, -0.25) is 4.79 Å². The van der Waals surface area contributed by atoms with Gasteiger partial charge in [0.25, 0.3) is 5.91 Å². The van der Waals surface area contributed by atoms with Gasteiger partial charge >= 0.3 is 0 Å². The molecule has 1 aromatic carbocycles. The first kappa shape index (κ1) is 15.7. The first-order valence-corrected chi connectivity index (χ1v) is 6.51. The zero-order chi connectivity index (χ0) is 14.5. The van der Waals surface area contributed by atoms with Crippen LogP contribution in [0.25, 0.3) is 0 Å². The summed E-state index contributed by atoms with van der Waals surface area (Å²) in [6.45, 7) is 4.73. The minimum Gasteiger partial charge on any atom is -0.396 e. The lowest BCUT2D eigenvalue weighted by Crippen LogP contribution is -2.44. The normalized spacial score (nSPS) is 11.7. The molecule has 19 heavy (non-hydrogen) atoms. The lowest BCUT2D eigenvalue weighted by Gasteiger charge is -2.25. The van der Waals surface area contributed by atoms with Crippen molar-refractivity contribution in [3.8, 4) is 0 Å². The highest BCUT2D eigenvalue weighted by Gasteiger charge is 2.20. The SMILES string of the molecule is CN(C)Cc1ccc(C(=O)NC(C)(C)CCO)cc1. The van der Waals surface area contributed by atoms with E-state index in [-0.39, 0.29) is 12.5 Å². The van der Waals surface area contributed by atoms with Crippen LogP contribution < -0.4 is 5.32 Å². The Morgan fingerprint density at radius 3 is 2.32 bits per heavy atom. The zero-order valence-corrected chi connectivity index (χ0v) is 12.2. The highest BCUT2D eigenvalue weighted by Crippen LogP contribution is 2.11. The molecule has 1 aromatic rings. The average molecular weight is 264 g/mol. The van der Waals surface area contributed by atoms with E-state index in [2.05, 4.69) is 10.2 Å². The van der Waals surface area contributed by atoms with Crippen molar-refractivity contribution in [1.82, 2.24) is 10.2 Å². The highest BCUT2D eigenvalue weighted by molar-refractivity contribution is 5.94. The Balaban J connectivity index is 2.68. The fraction of sp³-hybridized carbons (Fsp3) is 0.533. The molecule has 0 aliphatic carbocycles. The van der Waals surface area contributed by atoms with Gasteiger partial charge in [-0.05, 0) is 52.1 Å². The van der Waals surface area contributed by atoms with Crippen LogP contribution in [0.2, 0.25) is 0 Å². The molecule has 4 nitrogen and oxygen atoms in total. The molecule has 0 heterocycles. The molecular formula is C15H24N2O2. The summed E-state index contributed by atoms with van der Waals surface area (Å²) in [6.07, 6.45) is 0.539. The molecule has 0 atom stereocenters.